The standard InChI is InChI=1S/C20H13ClF3N3O2/c21-14-5-6-15-12(9-25-16(15)8-14)7-17-18(28)27(19(29)26-17)10-11-1-3-13(4-2-11)20(22,23)24/h1-9,28H,10H2,(H,26,29)/b12-7+. The Bertz CT molecular complexity index is 1210. The first-order valence-corrected chi connectivity index (χ1v) is 8.84. The molecule has 1 aromatic heterocycles. The first-order valence-electron chi connectivity index (χ1n) is 8.46. The Balaban J connectivity index is 1.63. The molecule has 3 aromatic rings. The highest BCUT2D eigenvalue weighted by atomic mass is 35.5. The van der Waals surface area contributed by atoms with Crippen LogP contribution >= 0.6 is 11.6 Å². The van der Waals surface area contributed by atoms with E-state index in [-0.39, 0.29) is 18.1 Å². The van der Waals surface area contributed by atoms with Crippen molar-refractivity contribution < 1.29 is 18.3 Å². The number of hydrogen-bond donors (Lipinski definition) is 2. The Labute approximate surface area is 167 Å². The number of imidazole rings is 1. The maximum absolute atomic E-state index is 12.7. The summed E-state index contributed by atoms with van der Waals surface area (Å²) in [5, 5.41) is 11.0. The number of fused-ring (bicyclic) bond motifs is 1. The molecule has 4 rings (SSSR count). The lowest BCUT2D eigenvalue weighted by molar-refractivity contribution is -0.137. The van der Waals surface area contributed by atoms with Crippen molar-refractivity contribution in [3.05, 3.63) is 80.4 Å². The molecule has 2 N–H and O–H groups in total. The number of rotatable bonds is 3. The van der Waals surface area contributed by atoms with Crippen LogP contribution in [0, 0.1) is 0 Å². The molecule has 2 aromatic carbocycles. The third kappa shape index (κ3) is 3.71. The van der Waals surface area contributed by atoms with Gasteiger partial charge in [-0.1, -0.05) is 29.8 Å². The summed E-state index contributed by atoms with van der Waals surface area (Å²) in [5.41, 5.74) is 1.40. The molecule has 0 fully saturated rings. The van der Waals surface area contributed by atoms with Crippen LogP contribution in [-0.4, -0.2) is 20.9 Å². The number of aromatic hydroxyl groups is 1. The van der Waals surface area contributed by atoms with E-state index in [0.717, 1.165) is 22.3 Å². The molecule has 9 heteroatoms. The molecule has 1 aliphatic heterocycles. The van der Waals surface area contributed by atoms with E-state index in [9.17, 15) is 23.1 Å². The number of alkyl halides is 3. The Morgan fingerprint density at radius 2 is 1.90 bits per heavy atom. The van der Waals surface area contributed by atoms with Crippen LogP contribution in [0.2, 0.25) is 5.02 Å². The fraction of sp³-hybridized carbons (Fsp3) is 0.100. The van der Waals surface area contributed by atoms with E-state index >= 15 is 0 Å². The van der Waals surface area contributed by atoms with Crippen LogP contribution in [0.3, 0.4) is 0 Å². The van der Waals surface area contributed by atoms with Gasteiger partial charge in [-0.05, 0) is 35.9 Å². The van der Waals surface area contributed by atoms with Gasteiger partial charge < -0.3 is 10.1 Å². The minimum atomic E-state index is -4.44. The number of H-pyrrole nitrogens is 1. The van der Waals surface area contributed by atoms with Gasteiger partial charge in [-0.15, -0.1) is 0 Å². The van der Waals surface area contributed by atoms with E-state index in [1.165, 1.54) is 12.1 Å². The summed E-state index contributed by atoms with van der Waals surface area (Å²) in [5.74, 6) is -0.321. The summed E-state index contributed by atoms with van der Waals surface area (Å²) in [7, 11) is 0. The van der Waals surface area contributed by atoms with Crippen LogP contribution in [0.5, 0.6) is 5.88 Å². The van der Waals surface area contributed by atoms with Crippen LogP contribution in [0.1, 0.15) is 22.4 Å². The van der Waals surface area contributed by atoms with E-state index in [1.54, 1.807) is 30.5 Å². The van der Waals surface area contributed by atoms with Crippen molar-refractivity contribution in [2.75, 3.05) is 0 Å². The fourth-order valence-corrected chi connectivity index (χ4v) is 3.21. The van der Waals surface area contributed by atoms with E-state index in [2.05, 4.69) is 9.98 Å². The number of aromatic nitrogens is 2. The molecule has 0 saturated heterocycles. The molecule has 0 radical (unpaired) electrons. The minimum absolute atomic E-state index is 0.0806. The van der Waals surface area contributed by atoms with Gasteiger partial charge in [-0.25, -0.2) is 4.79 Å². The number of allylic oxidation sites excluding steroid dienone is 1. The molecule has 0 saturated carbocycles. The molecule has 5 nitrogen and oxygen atoms in total. The zero-order valence-electron chi connectivity index (χ0n) is 14.7. The van der Waals surface area contributed by atoms with Crippen LogP contribution in [-0.2, 0) is 12.7 Å². The molecule has 2 heterocycles. The Hall–Kier alpha value is -3.26. The summed E-state index contributed by atoms with van der Waals surface area (Å²) < 4.78 is 39.1. The number of aromatic amines is 1. The second-order valence-corrected chi connectivity index (χ2v) is 6.90. The van der Waals surface area contributed by atoms with Crippen molar-refractivity contribution in [3.8, 4) is 5.88 Å². The summed E-state index contributed by atoms with van der Waals surface area (Å²) in [4.78, 5) is 19.0. The Kier molecular flexibility index (Phi) is 4.58. The first kappa shape index (κ1) is 19.1. The van der Waals surface area contributed by atoms with Gasteiger partial charge in [-0.2, -0.15) is 13.2 Å². The monoisotopic (exact) mass is 419 g/mol. The summed E-state index contributed by atoms with van der Waals surface area (Å²) in [6.07, 6.45) is -1.27. The summed E-state index contributed by atoms with van der Waals surface area (Å²) in [6.45, 7) is -0.0806. The average molecular weight is 420 g/mol. The third-order valence-corrected chi connectivity index (χ3v) is 4.75. The second kappa shape index (κ2) is 6.97. The number of halogens is 4. The maximum atomic E-state index is 12.7. The normalized spacial score (nSPS) is 14.6. The van der Waals surface area contributed by atoms with E-state index in [1.807, 2.05) is 0 Å². The summed E-state index contributed by atoms with van der Waals surface area (Å²) in [6, 6.07) is 9.60. The van der Waals surface area contributed by atoms with Gasteiger partial charge in [0.15, 0.2) is 0 Å². The van der Waals surface area contributed by atoms with Crippen molar-refractivity contribution in [2.24, 2.45) is 4.99 Å². The van der Waals surface area contributed by atoms with Gasteiger partial charge in [0.25, 0.3) is 0 Å². The van der Waals surface area contributed by atoms with E-state index in [4.69, 9.17) is 11.6 Å². The molecule has 0 aliphatic carbocycles. The van der Waals surface area contributed by atoms with Gasteiger partial charge in [0, 0.05) is 22.4 Å². The molecule has 29 heavy (non-hydrogen) atoms. The van der Waals surface area contributed by atoms with Crippen LogP contribution in [0.4, 0.5) is 18.9 Å². The van der Waals surface area contributed by atoms with E-state index < -0.39 is 17.4 Å². The van der Waals surface area contributed by atoms with Crippen molar-refractivity contribution in [2.45, 2.75) is 12.7 Å². The molecule has 0 unspecified atom stereocenters. The smallest absolute Gasteiger partial charge is 0.416 e. The summed E-state index contributed by atoms with van der Waals surface area (Å²) >= 11 is 5.95. The fourth-order valence-electron chi connectivity index (χ4n) is 3.04. The average Bonchev–Trinajstić information content (AvgIpc) is 3.17. The minimum Gasteiger partial charge on any atom is -0.493 e. The number of nitrogens with one attached hydrogen (secondary N) is 1. The molecule has 1 aliphatic rings. The van der Waals surface area contributed by atoms with Crippen molar-refractivity contribution in [1.29, 1.82) is 0 Å². The van der Waals surface area contributed by atoms with Gasteiger partial charge in [-0.3, -0.25) is 9.56 Å². The maximum Gasteiger partial charge on any atom is 0.416 e. The van der Waals surface area contributed by atoms with Crippen LogP contribution < -0.4 is 5.69 Å². The van der Waals surface area contributed by atoms with E-state index in [0.29, 0.717) is 21.8 Å². The van der Waals surface area contributed by atoms with Gasteiger partial charge >= 0.3 is 11.9 Å². The zero-order valence-corrected chi connectivity index (χ0v) is 15.4. The predicted octanol–water partition coefficient (Wildman–Crippen LogP) is 4.86. The number of benzene rings is 2. The van der Waals surface area contributed by atoms with Gasteiger partial charge in [0.1, 0.15) is 5.69 Å². The van der Waals surface area contributed by atoms with Crippen molar-refractivity contribution in [1.82, 2.24) is 9.55 Å². The largest absolute Gasteiger partial charge is 0.493 e. The third-order valence-electron chi connectivity index (χ3n) is 4.52. The van der Waals surface area contributed by atoms with Gasteiger partial charge in [0.2, 0.25) is 5.88 Å². The molecular formula is C20H13ClF3N3O2. The lowest BCUT2D eigenvalue weighted by Gasteiger charge is -2.08. The SMILES string of the molecule is O=c1[nH]c(/C=C2\C=Nc3cc(Cl)ccc32)c(O)n1Cc1ccc(C(F)(F)F)cc1. The molecular weight excluding hydrogens is 407 g/mol. The highest BCUT2D eigenvalue weighted by Crippen LogP contribution is 2.35. The topological polar surface area (TPSA) is 70.4 Å². The highest BCUT2D eigenvalue weighted by molar-refractivity contribution is 6.31. The predicted molar refractivity (Wildman–Crippen MR) is 105 cm³/mol. The highest BCUT2D eigenvalue weighted by Gasteiger charge is 2.30. The Morgan fingerprint density at radius 3 is 2.59 bits per heavy atom. The number of nitrogens with zero attached hydrogens (tertiary/aromatic N) is 2. The number of hydrogen-bond acceptors (Lipinski definition) is 3. The molecule has 0 atom stereocenters. The van der Waals surface area contributed by atoms with Crippen LogP contribution in [0.15, 0.2) is 52.3 Å². The lowest BCUT2D eigenvalue weighted by atomic mass is 10.1. The molecule has 0 amide bonds. The lowest BCUT2D eigenvalue weighted by Crippen LogP contribution is -2.17. The zero-order chi connectivity index (χ0) is 20.8. The van der Waals surface area contributed by atoms with Crippen molar-refractivity contribution in [3.63, 3.8) is 0 Å². The van der Waals surface area contributed by atoms with Gasteiger partial charge in [0.05, 0.1) is 17.8 Å². The number of aliphatic imine (C=N–C) groups is 1. The van der Waals surface area contributed by atoms with Crippen LogP contribution in [0.25, 0.3) is 11.6 Å². The second-order valence-electron chi connectivity index (χ2n) is 6.47. The Morgan fingerprint density at radius 1 is 1.17 bits per heavy atom. The quantitative estimate of drug-likeness (QED) is 0.636. The van der Waals surface area contributed by atoms with Crippen molar-refractivity contribution >= 4 is 35.2 Å². The molecule has 0 bridgehead atoms. The molecule has 148 valence electrons. The molecule has 0 spiro atoms. The first-order chi connectivity index (χ1) is 13.7.